The molecule has 0 heterocycles. The highest BCUT2D eigenvalue weighted by atomic mass is 35.5. The van der Waals surface area contributed by atoms with Crippen LogP contribution in [0.1, 0.15) is 35.3 Å². The van der Waals surface area contributed by atoms with Gasteiger partial charge in [0, 0.05) is 28.0 Å². The maximum atomic E-state index is 12.9. The summed E-state index contributed by atoms with van der Waals surface area (Å²) in [7, 11) is -1.70. The molecule has 0 spiro atoms. The quantitative estimate of drug-likeness (QED) is 0.421. The van der Waals surface area contributed by atoms with Gasteiger partial charge < -0.3 is 0 Å². The van der Waals surface area contributed by atoms with Gasteiger partial charge in [-0.3, -0.25) is 9.36 Å². The smallest absolute Gasteiger partial charge is 0.194 e. The molecule has 0 aliphatic carbocycles. The Balaban J connectivity index is 2.36. The highest BCUT2D eigenvalue weighted by Gasteiger charge is 2.21. The van der Waals surface area contributed by atoms with Crippen molar-refractivity contribution in [2.24, 2.45) is 5.92 Å². The summed E-state index contributed by atoms with van der Waals surface area (Å²) in [5.41, 5.74) is 2.07. The van der Waals surface area contributed by atoms with Crippen molar-refractivity contribution in [2.75, 3.05) is 6.16 Å². The lowest BCUT2D eigenvalue weighted by atomic mass is 9.99. The Labute approximate surface area is 143 Å². The molecule has 0 aliphatic rings. The van der Waals surface area contributed by atoms with E-state index in [1.165, 1.54) is 0 Å². The summed E-state index contributed by atoms with van der Waals surface area (Å²) in [4.78, 5) is 12.9. The number of carbonyl (C=O) groups is 1. The topological polar surface area (TPSA) is 34.1 Å². The number of ketones is 1. The van der Waals surface area contributed by atoms with Crippen molar-refractivity contribution < 1.29 is 9.36 Å². The molecule has 0 aliphatic heterocycles. The van der Waals surface area contributed by atoms with Crippen molar-refractivity contribution in [3.05, 3.63) is 65.2 Å². The zero-order valence-electron chi connectivity index (χ0n) is 13.6. The van der Waals surface area contributed by atoms with Crippen LogP contribution in [-0.2, 0) is 4.57 Å². The Morgan fingerprint density at radius 3 is 2.22 bits per heavy atom. The van der Waals surface area contributed by atoms with Crippen LogP contribution in [0.5, 0.6) is 0 Å². The standard InChI is InChI=1S/C19H21ClO2P/c1-13(2)17(20)12-23(22)18-11-7-6-10-16(18)19(21)15-9-5-4-8-14(15)3/h4-11,13,17H,12H2,1-3H3. The Hall–Kier alpha value is -1.50. The molecule has 0 saturated heterocycles. The Kier molecular flexibility index (Phi) is 6.10. The van der Waals surface area contributed by atoms with Crippen molar-refractivity contribution in [1.29, 1.82) is 0 Å². The molecule has 23 heavy (non-hydrogen) atoms. The summed E-state index contributed by atoms with van der Waals surface area (Å²) >= 11 is 6.27. The van der Waals surface area contributed by atoms with Crippen molar-refractivity contribution in [2.45, 2.75) is 26.1 Å². The van der Waals surface area contributed by atoms with Crippen LogP contribution in [0.3, 0.4) is 0 Å². The molecule has 0 saturated carbocycles. The molecular weight excluding hydrogens is 327 g/mol. The molecule has 2 aromatic rings. The van der Waals surface area contributed by atoms with Crippen LogP contribution in [-0.4, -0.2) is 17.3 Å². The molecule has 0 aromatic heterocycles. The number of carbonyl (C=O) groups excluding carboxylic acids is 1. The monoisotopic (exact) mass is 347 g/mol. The van der Waals surface area contributed by atoms with Crippen LogP contribution in [0.4, 0.5) is 0 Å². The summed E-state index contributed by atoms with van der Waals surface area (Å²) < 4.78 is 12.7. The number of aryl methyl sites for hydroxylation is 1. The summed E-state index contributed by atoms with van der Waals surface area (Å²) in [6, 6.07) is 14.6. The molecule has 1 radical (unpaired) electrons. The molecular formula is C19H21ClO2P. The van der Waals surface area contributed by atoms with Gasteiger partial charge in [0.2, 0.25) is 0 Å². The van der Waals surface area contributed by atoms with Gasteiger partial charge in [-0.2, -0.15) is 0 Å². The highest BCUT2D eigenvalue weighted by molar-refractivity contribution is 7.53. The number of rotatable bonds is 6. The van der Waals surface area contributed by atoms with Gasteiger partial charge in [0.15, 0.2) is 5.78 Å². The molecule has 2 nitrogen and oxygen atoms in total. The van der Waals surface area contributed by atoms with Crippen molar-refractivity contribution in [1.82, 2.24) is 0 Å². The number of alkyl halides is 1. The highest BCUT2D eigenvalue weighted by Crippen LogP contribution is 2.29. The van der Waals surface area contributed by atoms with Gasteiger partial charge >= 0.3 is 0 Å². The third-order valence-corrected chi connectivity index (χ3v) is 6.40. The zero-order chi connectivity index (χ0) is 17.0. The van der Waals surface area contributed by atoms with Crippen LogP contribution < -0.4 is 5.30 Å². The van der Waals surface area contributed by atoms with E-state index >= 15 is 0 Å². The third-order valence-electron chi connectivity index (χ3n) is 3.87. The number of hydrogen-bond acceptors (Lipinski definition) is 2. The Morgan fingerprint density at radius 2 is 1.61 bits per heavy atom. The first kappa shape index (κ1) is 17.8. The van der Waals surface area contributed by atoms with Crippen molar-refractivity contribution >= 4 is 30.5 Å². The van der Waals surface area contributed by atoms with E-state index in [1.807, 2.05) is 45.0 Å². The molecule has 2 rings (SSSR count). The molecule has 121 valence electrons. The predicted octanol–water partition coefficient (Wildman–Crippen LogP) is 4.94. The van der Waals surface area contributed by atoms with E-state index in [4.69, 9.17) is 11.6 Å². The first-order valence-corrected chi connectivity index (χ1v) is 9.58. The minimum absolute atomic E-state index is 0.0854. The normalized spacial score (nSPS) is 13.0. The summed E-state index contributed by atoms with van der Waals surface area (Å²) in [6.45, 7) is 5.92. The molecule has 0 amide bonds. The van der Waals surface area contributed by atoms with E-state index in [0.717, 1.165) is 5.56 Å². The van der Waals surface area contributed by atoms with Crippen LogP contribution >= 0.6 is 19.4 Å². The largest absolute Gasteiger partial charge is 0.289 e. The van der Waals surface area contributed by atoms with Crippen molar-refractivity contribution in [3.8, 4) is 0 Å². The van der Waals surface area contributed by atoms with Gasteiger partial charge in [-0.15, -0.1) is 11.6 Å². The fraction of sp³-hybridized carbons (Fsp3) is 0.316. The van der Waals surface area contributed by atoms with Gasteiger partial charge in [-0.05, 0) is 30.5 Å². The van der Waals surface area contributed by atoms with Crippen LogP contribution in [0.15, 0.2) is 48.5 Å². The van der Waals surface area contributed by atoms with Gasteiger partial charge in [0.05, 0.1) is 0 Å². The van der Waals surface area contributed by atoms with Gasteiger partial charge in [0.25, 0.3) is 0 Å². The van der Waals surface area contributed by atoms with Crippen LogP contribution in [0, 0.1) is 12.8 Å². The molecule has 4 heteroatoms. The van der Waals surface area contributed by atoms with Gasteiger partial charge in [-0.1, -0.05) is 50.2 Å². The second-order valence-corrected chi connectivity index (χ2v) is 8.15. The molecule has 0 fully saturated rings. The average Bonchev–Trinajstić information content (AvgIpc) is 2.54. The number of halogens is 1. The number of benzene rings is 2. The van der Waals surface area contributed by atoms with E-state index in [0.29, 0.717) is 22.6 Å². The van der Waals surface area contributed by atoms with Crippen LogP contribution in [0.2, 0.25) is 0 Å². The first-order valence-electron chi connectivity index (χ1n) is 7.70. The van der Waals surface area contributed by atoms with Gasteiger partial charge in [0.1, 0.15) is 7.80 Å². The minimum atomic E-state index is -1.70. The molecule has 0 N–H and O–H groups in total. The fourth-order valence-electron chi connectivity index (χ4n) is 2.32. The van der Waals surface area contributed by atoms with E-state index < -0.39 is 7.80 Å². The SMILES string of the molecule is Cc1ccccc1C(=O)c1ccccc1[P](=O)CC(Cl)C(C)C. The maximum Gasteiger partial charge on any atom is 0.194 e. The summed E-state index contributed by atoms with van der Waals surface area (Å²) in [5.74, 6) is 0.160. The second kappa shape index (κ2) is 7.86. The Morgan fingerprint density at radius 1 is 1.04 bits per heavy atom. The van der Waals surface area contributed by atoms with E-state index in [-0.39, 0.29) is 17.1 Å². The molecule has 0 bridgehead atoms. The summed E-state index contributed by atoms with van der Waals surface area (Å²) in [5, 5.41) is 0.433. The third kappa shape index (κ3) is 4.28. The van der Waals surface area contributed by atoms with Crippen molar-refractivity contribution in [3.63, 3.8) is 0 Å². The molecule has 2 unspecified atom stereocenters. The zero-order valence-corrected chi connectivity index (χ0v) is 15.3. The predicted molar refractivity (Wildman–Crippen MR) is 97.6 cm³/mol. The Bertz CT molecular complexity index is 725. The minimum Gasteiger partial charge on any atom is -0.289 e. The maximum absolute atomic E-state index is 12.9. The lowest BCUT2D eigenvalue weighted by Crippen LogP contribution is -2.18. The fourth-order valence-corrected chi connectivity index (χ4v) is 4.33. The first-order chi connectivity index (χ1) is 10.9. The second-order valence-electron chi connectivity index (χ2n) is 5.98. The number of hydrogen-bond donors (Lipinski definition) is 0. The van der Waals surface area contributed by atoms with E-state index in [1.54, 1.807) is 24.3 Å². The molecule has 2 aromatic carbocycles. The lowest BCUT2D eigenvalue weighted by Gasteiger charge is -2.14. The lowest BCUT2D eigenvalue weighted by molar-refractivity contribution is 0.103. The van der Waals surface area contributed by atoms with Crippen LogP contribution in [0.25, 0.3) is 0 Å². The average molecular weight is 348 g/mol. The van der Waals surface area contributed by atoms with Gasteiger partial charge in [-0.25, -0.2) is 0 Å². The van der Waals surface area contributed by atoms with E-state index in [2.05, 4.69) is 0 Å². The van der Waals surface area contributed by atoms with E-state index in [9.17, 15) is 9.36 Å². The summed E-state index contributed by atoms with van der Waals surface area (Å²) in [6.07, 6.45) is 0.382. The molecule has 2 atom stereocenters.